The van der Waals surface area contributed by atoms with E-state index in [4.69, 9.17) is 0 Å². The van der Waals surface area contributed by atoms with E-state index >= 15 is 0 Å². The van der Waals surface area contributed by atoms with Crippen LogP contribution in [0.3, 0.4) is 0 Å². The second kappa shape index (κ2) is 5.46. The van der Waals surface area contributed by atoms with Crippen LogP contribution in [0.15, 0.2) is 53.4 Å². The minimum Gasteiger partial charge on any atom is -0.207 e. The summed E-state index contributed by atoms with van der Waals surface area (Å²) in [6, 6.07) is 11.1. The van der Waals surface area contributed by atoms with E-state index < -0.39 is 21.7 Å². The van der Waals surface area contributed by atoms with Crippen LogP contribution in [-0.4, -0.2) is 8.42 Å². The normalized spacial score (nSPS) is 11.5. The van der Waals surface area contributed by atoms with Crippen molar-refractivity contribution in [3.8, 4) is 0 Å². The van der Waals surface area contributed by atoms with E-state index in [1.54, 1.807) is 18.2 Å². The first kappa shape index (κ1) is 13.6. The molecule has 100 valence electrons. The highest BCUT2D eigenvalue weighted by atomic mass is 32.2. The van der Waals surface area contributed by atoms with Crippen molar-refractivity contribution in [1.82, 2.24) is 4.72 Å². The zero-order valence-corrected chi connectivity index (χ0v) is 10.6. The maximum Gasteiger partial charge on any atom is 0.240 e. The van der Waals surface area contributed by atoms with Crippen LogP contribution >= 0.6 is 0 Å². The van der Waals surface area contributed by atoms with Crippen LogP contribution < -0.4 is 4.72 Å². The zero-order chi connectivity index (χ0) is 13.9. The van der Waals surface area contributed by atoms with Gasteiger partial charge in [-0.15, -0.1) is 0 Å². The summed E-state index contributed by atoms with van der Waals surface area (Å²) in [5.74, 6) is -1.97. The lowest BCUT2D eigenvalue weighted by Crippen LogP contribution is -2.23. The van der Waals surface area contributed by atoms with E-state index in [2.05, 4.69) is 4.72 Å². The van der Waals surface area contributed by atoms with Gasteiger partial charge in [0.05, 0.1) is 4.90 Å². The van der Waals surface area contributed by atoms with Gasteiger partial charge in [-0.2, -0.15) is 0 Å². The fraction of sp³-hybridized carbons (Fsp3) is 0.0769. The second-order valence-electron chi connectivity index (χ2n) is 3.89. The molecule has 0 saturated heterocycles. The summed E-state index contributed by atoms with van der Waals surface area (Å²) in [5, 5.41) is 0. The molecule has 19 heavy (non-hydrogen) atoms. The molecular formula is C13H11F2NO2S. The number of halogens is 2. The number of sulfonamides is 1. The standard InChI is InChI=1S/C13H11F2NO2S/c14-12-7-6-10(8-13(12)15)9-16-19(17,18)11-4-2-1-3-5-11/h1-8,16H,9H2. The number of hydrogen-bond acceptors (Lipinski definition) is 2. The Morgan fingerprint density at radius 1 is 0.947 bits per heavy atom. The average Bonchev–Trinajstić information content (AvgIpc) is 2.41. The molecular weight excluding hydrogens is 272 g/mol. The van der Waals surface area contributed by atoms with Crippen LogP contribution in [0.4, 0.5) is 8.78 Å². The number of rotatable bonds is 4. The van der Waals surface area contributed by atoms with Crippen molar-refractivity contribution in [2.45, 2.75) is 11.4 Å². The maximum absolute atomic E-state index is 13.0. The lowest BCUT2D eigenvalue weighted by molar-refractivity contribution is 0.506. The van der Waals surface area contributed by atoms with Crippen molar-refractivity contribution in [3.63, 3.8) is 0 Å². The number of benzene rings is 2. The predicted molar refractivity (Wildman–Crippen MR) is 66.8 cm³/mol. The first-order valence-electron chi connectivity index (χ1n) is 5.48. The van der Waals surface area contributed by atoms with E-state index in [9.17, 15) is 17.2 Å². The van der Waals surface area contributed by atoms with Crippen LogP contribution in [0.2, 0.25) is 0 Å². The Morgan fingerprint density at radius 3 is 2.26 bits per heavy atom. The number of hydrogen-bond donors (Lipinski definition) is 1. The van der Waals surface area contributed by atoms with Gasteiger partial charge in [0, 0.05) is 6.54 Å². The molecule has 0 aliphatic rings. The summed E-state index contributed by atoms with van der Waals surface area (Å²) >= 11 is 0. The third-order valence-corrected chi connectivity index (χ3v) is 3.92. The molecule has 0 amide bonds. The average molecular weight is 283 g/mol. The lowest BCUT2D eigenvalue weighted by Gasteiger charge is -2.07. The van der Waals surface area contributed by atoms with E-state index in [1.165, 1.54) is 18.2 Å². The van der Waals surface area contributed by atoms with Gasteiger partial charge in [-0.3, -0.25) is 0 Å². The summed E-state index contributed by atoms with van der Waals surface area (Å²) in [6.07, 6.45) is 0. The van der Waals surface area contributed by atoms with Gasteiger partial charge < -0.3 is 0 Å². The van der Waals surface area contributed by atoms with Crippen LogP contribution in [0, 0.1) is 11.6 Å². The Balaban J connectivity index is 2.12. The molecule has 2 aromatic carbocycles. The first-order valence-corrected chi connectivity index (χ1v) is 6.96. The molecule has 0 heterocycles. The molecule has 2 aromatic rings. The molecule has 0 unspecified atom stereocenters. The molecule has 0 spiro atoms. The summed E-state index contributed by atoms with van der Waals surface area (Å²) in [5.41, 5.74) is 0.346. The van der Waals surface area contributed by atoms with Gasteiger partial charge in [0.15, 0.2) is 11.6 Å². The predicted octanol–water partition coefficient (Wildman–Crippen LogP) is 2.44. The molecule has 0 aliphatic carbocycles. The van der Waals surface area contributed by atoms with Gasteiger partial charge in [0.25, 0.3) is 0 Å². The van der Waals surface area contributed by atoms with Crippen LogP contribution in [0.1, 0.15) is 5.56 Å². The van der Waals surface area contributed by atoms with Crippen molar-refractivity contribution in [1.29, 1.82) is 0 Å². The fourth-order valence-corrected chi connectivity index (χ4v) is 2.55. The highest BCUT2D eigenvalue weighted by Gasteiger charge is 2.13. The molecule has 0 radical (unpaired) electrons. The maximum atomic E-state index is 13.0. The van der Waals surface area contributed by atoms with Crippen LogP contribution in [0.25, 0.3) is 0 Å². The molecule has 0 saturated carbocycles. The minimum absolute atomic E-state index is 0.103. The molecule has 3 nitrogen and oxygen atoms in total. The molecule has 2 rings (SSSR count). The van der Waals surface area contributed by atoms with Crippen molar-refractivity contribution >= 4 is 10.0 Å². The quantitative estimate of drug-likeness (QED) is 0.936. The van der Waals surface area contributed by atoms with Gasteiger partial charge in [-0.25, -0.2) is 21.9 Å². The number of nitrogens with one attached hydrogen (secondary N) is 1. The van der Waals surface area contributed by atoms with Gasteiger partial charge in [-0.05, 0) is 29.8 Å². The minimum atomic E-state index is -3.65. The third-order valence-electron chi connectivity index (χ3n) is 2.50. The molecule has 1 N–H and O–H groups in total. The highest BCUT2D eigenvalue weighted by Crippen LogP contribution is 2.11. The van der Waals surface area contributed by atoms with Crippen molar-refractivity contribution in [3.05, 3.63) is 65.7 Å². The van der Waals surface area contributed by atoms with Gasteiger partial charge in [0.2, 0.25) is 10.0 Å². The monoisotopic (exact) mass is 283 g/mol. The Kier molecular flexibility index (Phi) is 3.92. The molecule has 6 heteroatoms. The molecule has 0 bridgehead atoms. The topological polar surface area (TPSA) is 46.2 Å². The van der Waals surface area contributed by atoms with E-state index in [1.807, 2.05) is 0 Å². The summed E-state index contributed by atoms with van der Waals surface area (Å²) in [7, 11) is -3.65. The summed E-state index contributed by atoms with van der Waals surface area (Å²) < 4.78 is 51.8. The van der Waals surface area contributed by atoms with Crippen molar-refractivity contribution < 1.29 is 17.2 Å². The molecule has 0 fully saturated rings. The third kappa shape index (κ3) is 3.36. The van der Waals surface area contributed by atoms with Crippen molar-refractivity contribution in [2.75, 3.05) is 0 Å². The van der Waals surface area contributed by atoms with E-state index in [0.717, 1.165) is 12.1 Å². The Labute approximate surface area is 109 Å². The first-order chi connectivity index (χ1) is 8.99. The molecule has 0 aliphatic heterocycles. The second-order valence-corrected chi connectivity index (χ2v) is 5.65. The Morgan fingerprint density at radius 2 is 1.63 bits per heavy atom. The van der Waals surface area contributed by atoms with Crippen LogP contribution in [-0.2, 0) is 16.6 Å². The van der Waals surface area contributed by atoms with E-state index in [-0.39, 0.29) is 11.4 Å². The molecule has 0 atom stereocenters. The van der Waals surface area contributed by atoms with E-state index in [0.29, 0.717) is 5.56 Å². The Hall–Kier alpha value is -1.79. The Bertz CT molecular complexity index is 672. The SMILES string of the molecule is O=S(=O)(NCc1ccc(F)c(F)c1)c1ccccc1. The fourth-order valence-electron chi connectivity index (χ4n) is 1.51. The van der Waals surface area contributed by atoms with Gasteiger partial charge in [-0.1, -0.05) is 24.3 Å². The summed E-state index contributed by atoms with van der Waals surface area (Å²) in [6.45, 7) is -0.103. The lowest BCUT2D eigenvalue weighted by atomic mass is 10.2. The molecule has 0 aromatic heterocycles. The van der Waals surface area contributed by atoms with Crippen LogP contribution in [0.5, 0.6) is 0 Å². The zero-order valence-electron chi connectivity index (χ0n) is 9.81. The van der Waals surface area contributed by atoms with Crippen molar-refractivity contribution in [2.24, 2.45) is 0 Å². The smallest absolute Gasteiger partial charge is 0.207 e. The van der Waals surface area contributed by atoms with Gasteiger partial charge in [0.1, 0.15) is 0 Å². The highest BCUT2D eigenvalue weighted by molar-refractivity contribution is 7.89. The van der Waals surface area contributed by atoms with Gasteiger partial charge >= 0.3 is 0 Å². The largest absolute Gasteiger partial charge is 0.240 e. The summed E-state index contributed by atoms with van der Waals surface area (Å²) in [4.78, 5) is 0.123.